The van der Waals surface area contributed by atoms with E-state index in [-0.39, 0.29) is 54.1 Å². The number of anilines is 1. The molecule has 1 heterocycles. The van der Waals surface area contributed by atoms with Gasteiger partial charge in [-0.15, -0.1) is 0 Å². The molecule has 0 bridgehead atoms. The number of ether oxygens (including phenoxy) is 3. The highest BCUT2D eigenvalue weighted by Gasteiger charge is 2.37. The van der Waals surface area contributed by atoms with E-state index in [9.17, 15) is 27.9 Å². The number of alkyl halides is 3. The van der Waals surface area contributed by atoms with E-state index in [0.717, 1.165) is 18.9 Å². The summed E-state index contributed by atoms with van der Waals surface area (Å²) in [5.74, 6) is -2.01. The molecule has 1 saturated carbocycles. The monoisotopic (exact) mass is 618 g/mol. The van der Waals surface area contributed by atoms with Gasteiger partial charge in [0.2, 0.25) is 5.91 Å². The van der Waals surface area contributed by atoms with Gasteiger partial charge in [0, 0.05) is 25.7 Å². The van der Waals surface area contributed by atoms with Gasteiger partial charge in [-0.1, -0.05) is 13.0 Å². The van der Waals surface area contributed by atoms with Crippen molar-refractivity contribution in [1.82, 2.24) is 15.0 Å². The first-order chi connectivity index (χ1) is 20.9. The van der Waals surface area contributed by atoms with Gasteiger partial charge in [-0.3, -0.25) is 4.79 Å². The molecule has 1 aliphatic carbocycles. The number of halogens is 3. The summed E-state index contributed by atoms with van der Waals surface area (Å²) in [7, 11) is 2.95. The van der Waals surface area contributed by atoms with E-state index in [2.05, 4.69) is 17.1 Å². The Hall–Kier alpha value is -3.97. The molecule has 3 aromatic rings. The maximum Gasteiger partial charge on any atom is 0.419 e. The van der Waals surface area contributed by atoms with Crippen LogP contribution in [-0.4, -0.2) is 65.5 Å². The number of aromatic nitrogens is 3. The third-order valence-corrected chi connectivity index (χ3v) is 7.91. The van der Waals surface area contributed by atoms with Gasteiger partial charge in [0.25, 0.3) is 0 Å². The highest BCUT2D eigenvalue weighted by Crippen LogP contribution is 2.42. The molecule has 0 unspecified atom stereocenters. The Labute approximate surface area is 253 Å². The van der Waals surface area contributed by atoms with Gasteiger partial charge in [0.1, 0.15) is 11.5 Å². The number of carboxylic acids is 1. The molecular weight excluding hydrogens is 581 g/mol. The summed E-state index contributed by atoms with van der Waals surface area (Å²) in [4.78, 5) is 29.4. The van der Waals surface area contributed by atoms with Gasteiger partial charge in [0.15, 0.2) is 0 Å². The van der Waals surface area contributed by atoms with Crippen LogP contribution in [0.15, 0.2) is 42.7 Å². The SMILES string of the molecule is COCC(COC)N(C(=O)C1CCC(C)CC1)c1ccc(Oc2ccc(Cn3nccn3)cc2C(F)(F)F)c(C)c1C(=O)O. The summed E-state index contributed by atoms with van der Waals surface area (Å²) in [5.41, 5.74) is -0.828. The molecule has 13 heteroatoms. The molecule has 1 fully saturated rings. The molecule has 1 aliphatic rings. The molecule has 0 spiro atoms. The number of rotatable bonds is 12. The lowest BCUT2D eigenvalue weighted by molar-refractivity contribution is -0.138. The van der Waals surface area contributed by atoms with Crippen LogP contribution in [0.3, 0.4) is 0 Å². The second-order valence-electron chi connectivity index (χ2n) is 11.1. The van der Waals surface area contributed by atoms with Crippen molar-refractivity contribution in [3.8, 4) is 11.5 Å². The molecule has 44 heavy (non-hydrogen) atoms. The molecule has 2 aromatic carbocycles. The smallest absolute Gasteiger partial charge is 0.419 e. The Balaban J connectivity index is 1.75. The molecule has 1 aromatic heterocycles. The topological polar surface area (TPSA) is 116 Å². The summed E-state index contributed by atoms with van der Waals surface area (Å²) in [6.07, 6.45) is 1.16. The highest BCUT2D eigenvalue weighted by atomic mass is 19.4. The van der Waals surface area contributed by atoms with Crippen LogP contribution in [0.2, 0.25) is 0 Å². The summed E-state index contributed by atoms with van der Waals surface area (Å²) in [5, 5.41) is 18.2. The van der Waals surface area contributed by atoms with Crippen LogP contribution in [0.25, 0.3) is 0 Å². The zero-order valence-electron chi connectivity index (χ0n) is 25.1. The van der Waals surface area contributed by atoms with Crippen molar-refractivity contribution in [2.75, 3.05) is 32.3 Å². The Kier molecular flexibility index (Phi) is 10.6. The Morgan fingerprint density at radius 1 is 1.02 bits per heavy atom. The maximum atomic E-state index is 14.1. The predicted molar refractivity (Wildman–Crippen MR) is 155 cm³/mol. The summed E-state index contributed by atoms with van der Waals surface area (Å²) in [6.45, 7) is 3.75. The predicted octanol–water partition coefficient (Wildman–Crippen LogP) is 5.96. The molecule has 1 amide bonds. The van der Waals surface area contributed by atoms with Gasteiger partial charge in [-0.25, -0.2) is 4.79 Å². The summed E-state index contributed by atoms with van der Waals surface area (Å²) < 4.78 is 58.9. The van der Waals surface area contributed by atoms with Gasteiger partial charge >= 0.3 is 12.1 Å². The van der Waals surface area contributed by atoms with Crippen LogP contribution in [0.4, 0.5) is 18.9 Å². The van der Waals surface area contributed by atoms with Crippen LogP contribution < -0.4 is 9.64 Å². The largest absolute Gasteiger partial charge is 0.478 e. The first-order valence-corrected chi connectivity index (χ1v) is 14.3. The van der Waals surface area contributed by atoms with Crippen molar-refractivity contribution in [3.05, 3.63) is 65.0 Å². The zero-order chi connectivity index (χ0) is 32.0. The first-order valence-electron chi connectivity index (χ1n) is 14.3. The fourth-order valence-electron chi connectivity index (χ4n) is 5.63. The number of aromatic carboxylic acids is 1. The molecule has 0 radical (unpaired) electrons. The van der Waals surface area contributed by atoms with Crippen molar-refractivity contribution < 1.29 is 42.1 Å². The van der Waals surface area contributed by atoms with E-state index in [1.807, 2.05) is 0 Å². The molecule has 0 saturated heterocycles. The van der Waals surface area contributed by atoms with Crippen LogP contribution in [0, 0.1) is 18.8 Å². The average molecular weight is 619 g/mol. The number of nitrogens with zero attached hydrogens (tertiary/aromatic N) is 4. The van der Waals surface area contributed by atoms with E-state index in [4.69, 9.17) is 14.2 Å². The first kappa shape index (κ1) is 32.9. The summed E-state index contributed by atoms with van der Waals surface area (Å²) in [6, 6.07) is 5.74. The fraction of sp³-hybridized carbons (Fsp3) is 0.484. The Bertz CT molecular complexity index is 1430. The molecule has 0 atom stereocenters. The molecule has 238 valence electrons. The normalized spacial score (nSPS) is 17.1. The standard InChI is InChI=1S/C31H37F3N4O6/c1-19-5-8-22(9-6-19)29(39)38(23(17-42-3)18-43-4)25-10-12-26(20(2)28(25)30(40)41)44-27-11-7-21(15-24(27)31(32,33)34)16-37-35-13-14-36-37/h7,10-15,19,22-23H,5-6,8-9,16-18H2,1-4H3,(H,40,41). The lowest BCUT2D eigenvalue weighted by atomic mass is 9.82. The average Bonchev–Trinajstić information content (AvgIpc) is 3.48. The van der Waals surface area contributed by atoms with E-state index in [1.54, 1.807) is 0 Å². The third kappa shape index (κ3) is 7.56. The third-order valence-electron chi connectivity index (χ3n) is 7.91. The van der Waals surface area contributed by atoms with Gasteiger partial charge < -0.3 is 24.2 Å². The molecule has 0 aliphatic heterocycles. The molecule has 1 N–H and O–H groups in total. The molecule has 4 rings (SSSR count). The number of amides is 1. The molecule has 10 nitrogen and oxygen atoms in total. The van der Waals surface area contributed by atoms with Crippen molar-refractivity contribution in [2.45, 2.75) is 58.3 Å². The number of benzene rings is 2. The maximum absolute atomic E-state index is 14.1. The minimum Gasteiger partial charge on any atom is -0.478 e. The van der Waals surface area contributed by atoms with Crippen LogP contribution in [-0.2, 0) is 27.0 Å². The van der Waals surface area contributed by atoms with Crippen molar-refractivity contribution in [2.24, 2.45) is 11.8 Å². The van der Waals surface area contributed by atoms with Gasteiger partial charge in [-0.05, 0) is 68.4 Å². The minimum atomic E-state index is -4.76. The van der Waals surface area contributed by atoms with E-state index < -0.39 is 29.5 Å². The highest BCUT2D eigenvalue weighted by molar-refractivity contribution is 6.04. The Morgan fingerprint density at radius 3 is 2.20 bits per heavy atom. The van der Waals surface area contributed by atoms with Gasteiger partial charge in [-0.2, -0.15) is 28.2 Å². The molecular formula is C31H37F3N4O6. The lowest BCUT2D eigenvalue weighted by Crippen LogP contribution is -2.49. The van der Waals surface area contributed by atoms with Crippen molar-refractivity contribution >= 4 is 17.6 Å². The van der Waals surface area contributed by atoms with Crippen molar-refractivity contribution in [1.29, 1.82) is 0 Å². The van der Waals surface area contributed by atoms with Crippen LogP contribution in [0.5, 0.6) is 11.5 Å². The zero-order valence-corrected chi connectivity index (χ0v) is 25.1. The van der Waals surface area contributed by atoms with Gasteiger partial charge in [0.05, 0.1) is 55.0 Å². The summed E-state index contributed by atoms with van der Waals surface area (Å²) >= 11 is 0. The van der Waals surface area contributed by atoms with E-state index in [1.165, 1.54) is 67.5 Å². The number of hydrogen-bond donors (Lipinski definition) is 1. The number of methoxy groups -OCH3 is 2. The quantitative estimate of drug-likeness (QED) is 0.264. The second kappa shape index (κ2) is 14.2. The van der Waals surface area contributed by atoms with Crippen molar-refractivity contribution in [3.63, 3.8) is 0 Å². The van der Waals surface area contributed by atoms with E-state index >= 15 is 0 Å². The lowest BCUT2D eigenvalue weighted by Gasteiger charge is -2.37. The second-order valence-corrected chi connectivity index (χ2v) is 11.1. The Morgan fingerprint density at radius 2 is 1.64 bits per heavy atom. The van der Waals surface area contributed by atoms with Crippen LogP contribution in [0.1, 0.15) is 59.7 Å². The number of hydrogen-bond acceptors (Lipinski definition) is 7. The van der Waals surface area contributed by atoms with E-state index in [0.29, 0.717) is 24.3 Å². The minimum absolute atomic E-state index is 0.0150. The number of carboxylic acid groups (broad SMARTS) is 1. The number of carbonyl (C=O) groups excluding carboxylic acids is 1. The van der Waals surface area contributed by atoms with Crippen LogP contribution >= 0.6 is 0 Å². The number of carbonyl (C=O) groups is 2. The fourth-order valence-corrected chi connectivity index (χ4v) is 5.63.